The highest BCUT2D eigenvalue weighted by Gasteiger charge is 2.29. The molecule has 0 aliphatic carbocycles. The fraction of sp³-hybridized carbons (Fsp3) is 0.368. The van der Waals surface area contributed by atoms with Crippen LogP contribution in [-0.4, -0.2) is 57.3 Å². The first-order chi connectivity index (χ1) is 13.5. The van der Waals surface area contributed by atoms with Gasteiger partial charge in [-0.05, 0) is 25.0 Å². The fourth-order valence-electron chi connectivity index (χ4n) is 3.05. The Hall–Kier alpha value is -3.36. The third kappa shape index (κ3) is 5.32. The molecular formula is C19H22N4O5. The van der Waals surface area contributed by atoms with Gasteiger partial charge in [0.25, 0.3) is 5.91 Å². The second-order valence-electron chi connectivity index (χ2n) is 6.56. The first-order valence-corrected chi connectivity index (χ1v) is 9.03. The number of piperidine rings is 1. The Morgan fingerprint density at radius 2 is 2.00 bits per heavy atom. The van der Waals surface area contributed by atoms with E-state index in [0.29, 0.717) is 31.1 Å². The lowest BCUT2D eigenvalue weighted by Crippen LogP contribution is -2.45. The average Bonchev–Trinajstić information content (AvgIpc) is 3.13. The molecule has 2 heterocycles. The van der Waals surface area contributed by atoms with Gasteiger partial charge < -0.3 is 20.1 Å². The highest BCUT2D eigenvalue weighted by atomic mass is 16.5. The summed E-state index contributed by atoms with van der Waals surface area (Å²) >= 11 is 0. The van der Waals surface area contributed by atoms with Gasteiger partial charge in [-0.2, -0.15) is 5.10 Å². The number of likely N-dealkylation sites (tertiary alicyclic amines) is 1. The van der Waals surface area contributed by atoms with E-state index in [9.17, 15) is 14.4 Å². The molecule has 3 rings (SSSR count). The summed E-state index contributed by atoms with van der Waals surface area (Å²) in [5, 5.41) is 15.5. The summed E-state index contributed by atoms with van der Waals surface area (Å²) in [7, 11) is 0. The summed E-state index contributed by atoms with van der Waals surface area (Å²) < 4.78 is 6.73. The standard InChI is InChI=1S/C19H22N4O5/c24-17(13-28-15-6-2-1-3-7-15)22-9-4-5-14(11-22)19(27)20-16-8-10-23(21-16)12-18(25)26/h1-3,6-8,10,14H,4-5,9,11-13H2,(H,25,26)(H,20,21,27). The van der Waals surface area contributed by atoms with E-state index < -0.39 is 5.97 Å². The van der Waals surface area contributed by atoms with E-state index in [0.717, 1.165) is 6.42 Å². The molecule has 0 spiro atoms. The minimum atomic E-state index is -1.01. The lowest BCUT2D eigenvalue weighted by Gasteiger charge is -2.31. The number of hydrogen-bond acceptors (Lipinski definition) is 5. The Balaban J connectivity index is 1.50. The molecule has 2 N–H and O–H groups in total. The Morgan fingerprint density at radius 1 is 1.21 bits per heavy atom. The van der Waals surface area contributed by atoms with Crippen LogP contribution in [-0.2, 0) is 20.9 Å². The molecule has 2 amide bonds. The number of para-hydroxylation sites is 1. The largest absolute Gasteiger partial charge is 0.484 e. The molecule has 2 aromatic rings. The molecule has 0 bridgehead atoms. The van der Waals surface area contributed by atoms with Gasteiger partial charge in [-0.1, -0.05) is 18.2 Å². The predicted molar refractivity (Wildman–Crippen MR) is 99.7 cm³/mol. The van der Waals surface area contributed by atoms with E-state index in [2.05, 4.69) is 10.4 Å². The minimum absolute atomic E-state index is 0.0715. The first-order valence-electron chi connectivity index (χ1n) is 9.03. The van der Waals surface area contributed by atoms with Crippen molar-refractivity contribution in [3.05, 3.63) is 42.6 Å². The molecule has 9 heteroatoms. The number of ether oxygens (including phenoxy) is 1. The van der Waals surface area contributed by atoms with Crippen LogP contribution in [0.25, 0.3) is 0 Å². The van der Waals surface area contributed by atoms with Crippen LogP contribution in [0.2, 0.25) is 0 Å². The van der Waals surface area contributed by atoms with Crippen molar-refractivity contribution >= 4 is 23.6 Å². The monoisotopic (exact) mass is 386 g/mol. The van der Waals surface area contributed by atoms with Crippen LogP contribution in [0.15, 0.2) is 42.6 Å². The van der Waals surface area contributed by atoms with Crippen molar-refractivity contribution in [2.75, 3.05) is 25.0 Å². The van der Waals surface area contributed by atoms with Gasteiger partial charge in [-0.15, -0.1) is 0 Å². The summed E-state index contributed by atoms with van der Waals surface area (Å²) in [5.74, 6) is -0.838. The van der Waals surface area contributed by atoms with Gasteiger partial charge >= 0.3 is 5.97 Å². The number of rotatable bonds is 7. The molecule has 148 valence electrons. The number of carbonyl (C=O) groups excluding carboxylic acids is 2. The van der Waals surface area contributed by atoms with Crippen molar-refractivity contribution in [2.45, 2.75) is 19.4 Å². The maximum Gasteiger partial charge on any atom is 0.325 e. The van der Waals surface area contributed by atoms with E-state index in [4.69, 9.17) is 9.84 Å². The molecule has 9 nitrogen and oxygen atoms in total. The molecule has 1 saturated heterocycles. The van der Waals surface area contributed by atoms with Gasteiger partial charge in [-0.3, -0.25) is 19.1 Å². The van der Waals surface area contributed by atoms with Crippen LogP contribution < -0.4 is 10.1 Å². The number of benzene rings is 1. The zero-order chi connectivity index (χ0) is 19.9. The van der Waals surface area contributed by atoms with Crippen LogP contribution in [0.4, 0.5) is 5.82 Å². The number of hydrogen-bond donors (Lipinski definition) is 2. The molecule has 1 aliphatic heterocycles. The predicted octanol–water partition coefficient (Wildman–Crippen LogP) is 1.22. The van der Waals surface area contributed by atoms with E-state index in [1.54, 1.807) is 23.1 Å². The van der Waals surface area contributed by atoms with Crippen LogP contribution in [0.5, 0.6) is 5.75 Å². The van der Waals surface area contributed by atoms with Crippen molar-refractivity contribution in [3.63, 3.8) is 0 Å². The SMILES string of the molecule is O=C(O)Cn1ccc(NC(=O)C2CCCN(C(=O)COc3ccccc3)C2)n1. The van der Waals surface area contributed by atoms with Crippen molar-refractivity contribution in [2.24, 2.45) is 5.92 Å². The number of carboxylic acids is 1. The van der Waals surface area contributed by atoms with Crippen molar-refractivity contribution in [1.29, 1.82) is 0 Å². The lowest BCUT2D eigenvalue weighted by atomic mass is 9.97. The molecule has 28 heavy (non-hydrogen) atoms. The third-order valence-corrected chi connectivity index (χ3v) is 4.44. The normalized spacial score (nSPS) is 16.4. The van der Waals surface area contributed by atoms with Crippen LogP contribution in [0.1, 0.15) is 12.8 Å². The summed E-state index contributed by atoms with van der Waals surface area (Å²) in [4.78, 5) is 37.2. The molecule has 1 atom stereocenters. The van der Waals surface area contributed by atoms with Crippen LogP contribution >= 0.6 is 0 Å². The first kappa shape index (κ1) is 19.4. The smallest absolute Gasteiger partial charge is 0.325 e. The van der Waals surface area contributed by atoms with E-state index in [1.807, 2.05) is 18.2 Å². The molecule has 0 radical (unpaired) electrons. The Morgan fingerprint density at radius 3 is 2.75 bits per heavy atom. The van der Waals surface area contributed by atoms with Gasteiger partial charge in [0.05, 0.1) is 5.92 Å². The topological polar surface area (TPSA) is 114 Å². The van der Waals surface area contributed by atoms with E-state index >= 15 is 0 Å². The maximum absolute atomic E-state index is 12.5. The number of carbonyl (C=O) groups is 3. The zero-order valence-corrected chi connectivity index (χ0v) is 15.3. The second kappa shape index (κ2) is 9.03. The summed E-state index contributed by atoms with van der Waals surface area (Å²) in [6, 6.07) is 10.6. The van der Waals surface area contributed by atoms with Crippen LogP contribution in [0.3, 0.4) is 0 Å². The molecular weight excluding hydrogens is 364 g/mol. The Kier molecular flexibility index (Phi) is 6.25. The fourth-order valence-corrected chi connectivity index (χ4v) is 3.05. The molecule has 1 fully saturated rings. The number of carboxylic acid groups (broad SMARTS) is 1. The number of nitrogens with zero attached hydrogens (tertiary/aromatic N) is 3. The maximum atomic E-state index is 12.5. The lowest BCUT2D eigenvalue weighted by molar-refractivity contribution is -0.138. The molecule has 0 saturated carbocycles. The van der Waals surface area contributed by atoms with Gasteiger partial charge in [0.2, 0.25) is 5.91 Å². The molecule has 1 aromatic heterocycles. The second-order valence-corrected chi connectivity index (χ2v) is 6.56. The minimum Gasteiger partial charge on any atom is -0.484 e. The number of anilines is 1. The Bertz CT molecular complexity index is 836. The highest BCUT2D eigenvalue weighted by molar-refractivity contribution is 5.92. The summed E-state index contributed by atoms with van der Waals surface area (Å²) in [6.45, 7) is 0.563. The van der Waals surface area contributed by atoms with E-state index in [1.165, 1.54) is 10.9 Å². The highest BCUT2D eigenvalue weighted by Crippen LogP contribution is 2.19. The quantitative estimate of drug-likeness (QED) is 0.740. The molecule has 1 aliphatic rings. The number of nitrogens with one attached hydrogen (secondary N) is 1. The molecule has 1 unspecified atom stereocenters. The van der Waals surface area contributed by atoms with Crippen molar-refractivity contribution in [3.8, 4) is 5.75 Å². The van der Waals surface area contributed by atoms with Crippen LogP contribution in [0, 0.1) is 5.92 Å². The number of aromatic nitrogens is 2. The molecule has 1 aromatic carbocycles. The summed E-state index contributed by atoms with van der Waals surface area (Å²) in [5.41, 5.74) is 0. The van der Waals surface area contributed by atoms with Crippen molar-refractivity contribution in [1.82, 2.24) is 14.7 Å². The average molecular weight is 386 g/mol. The summed E-state index contributed by atoms with van der Waals surface area (Å²) in [6.07, 6.45) is 2.88. The third-order valence-electron chi connectivity index (χ3n) is 4.44. The number of aliphatic carboxylic acids is 1. The van der Waals surface area contributed by atoms with E-state index in [-0.39, 0.29) is 30.9 Å². The van der Waals surface area contributed by atoms with Crippen molar-refractivity contribution < 1.29 is 24.2 Å². The number of amides is 2. The van der Waals surface area contributed by atoms with Gasteiger partial charge in [0.15, 0.2) is 12.4 Å². The Labute approximate surface area is 161 Å². The van der Waals surface area contributed by atoms with Gasteiger partial charge in [0.1, 0.15) is 12.3 Å². The van der Waals surface area contributed by atoms with Gasteiger partial charge in [0, 0.05) is 25.4 Å². The van der Waals surface area contributed by atoms with Gasteiger partial charge in [-0.25, -0.2) is 0 Å². The zero-order valence-electron chi connectivity index (χ0n) is 15.3.